The van der Waals surface area contributed by atoms with Crippen molar-refractivity contribution < 1.29 is 9.90 Å². The Kier molecular flexibility index (Phi) is 3.31. The number of aromatic nitrogens is 3. The molecular weight excluding hydrogens is 268 g/mol. The minimum Gasteiger partial charge on any atom is -0.478 e. The number of rotatable bonds is 2. The van der Waals surface area contributed by atoms with Gasteiger partial charge in [0.1, 0.15) is 5.56 Å². The number of pyridine rings is 1. The van der Waals surface area contributed by atoms with E-state index in [2.05, 4.69) is 28.8 Å². The lowest BCUT2D eigenvalue weighted by Gasteiger charge is -2.41. The molecule has 1 aliphatic rings. The fraction of sp³-hybridized carbons (Fsp3) is 0.533. The van der Waals surface area contributed by atoms with Crippen LogP contribution in [-0.4, -0.2) is 37.9 Å². The zero-order valence-electron chi connectivity index (χ0n) is 12.6. The van der Waals surface area contributed by atoms with Gasteiger partial charge in [-0.2, -0.15) is 5.10 Å². The second kappa shape index (κ2) is 5.02. The summed E-state index contributed by atoms with van der Waals surface area (Å²) in [6.45, 7) is 4.31. The summed E-state index contributed by atoms with van der Waals surface area (Å²) in [5.74, 6) is -0.937. The number of carbonyl (C=O) groups is 1. The fourth-order valence-electron chi connectivity index (χ4n) is 3.38. The molecule has 3 rings (SSSR count). The molecule has 21 heavy (non-hydrogen) atoms. The van der Waals surface area contributed by atoms with Crippen molar-refractivity contribution in [1.82, 2.24) is 14.8 Å². The summed E-state index contributed by atoms with van der Waals surface area (Å²) in [5.41, 5.74) is 1.75. The molecule has 1 fully saturated rings. The van der Waals surface area contributed by atoms with E-state index in [1.54, 1.807) is 10.9 Å². The third-order valence-electron chi connectivity index (χ3n) is 4.42. The van der Waals surface area contributed by atoms with Crippen LogP contribution in [-0.2, 0) is 7.05 Å². The van der Waals surface area contributed by atoms with E-state index in [9.17, 15) is 9.90 Å². The number of aromatic carboxylic acids is 1. The fourth-order valence-corrected chi connectivity index (χ4v) is 3.38. The van der Waals surface area contributed by atoms with Gasteiger partial charge in [0.25, 0.3) is 0 Å². The van der Waals surface area contributed by atoms with Gasteiger partial charge in [0.05, 0.1) is 17.3 Å². The van der Waals surface area contributed by atoms with Gasteiger partial charge in [-0.1, -0.05) is 0 Å². The van der Waals surface area contributed by atoms with E-state index in [0.717, 1.165) is 29.6 Å². The molecule has 2 aromatic heterocycles. The van der Waals surface area contributed by atoms with Crippen molar-refractivity contribution in [2.75, 3.05) is 4.90 Å². The molecule has 1 saturated heterocycles. The second-order valence-corrected chi connectivity index (χ2v) is 5.87. The maximum Gasteiger partial charge on any atom is 0.339 e. The van der Waals surface area contributed by atoms with Crippen LogP contribution in [0.15, 0.2) is 12.4 Å². The lowest BCUT2D eigenvalue weighted by molar-refractivity contribution is 0.0697. The molecule has 0 bridgehead atoms. The van der Waals surface area contributed by atoms with Crippen LogP contribution in [0, 0.1) is 0 Å². The smallest absolute Gasteiger partial charge is 0.339 e. The number of hydrogen-bond acceptors (Lipinski definition) is 4. The molecule has 0 spiro atoms. The van der Waals surface area contributed by atoms with Gasteiger partial charge in [0.15, 0.2) is 5.65 Å². The number of hydrogen-bond donors (Lipinski definition) is 1. The Bertz CT molecular complexity index is 684. The number of anilines is 1. The molecule has 3 heterocycles. The Labute approximate surface area is 123 Å². The van der Waals surface area contributed by atoms with Crippen LogP contribution in [0.5, 0.6) is 0 Å². The van der Waals surface area contributed by atoms with Crippen molar-refractivity contribution >= 4 is 22.7 Å². The van der Waals surface area contributed by atoms with Gasteiger partial charge in [-0.15, -0.1) is 0 Å². The van der Waals surface area contributed by atoms with Gasteiger partial charge in [-0.25, -0.2) is 9.78 Å². The highest BCUT2D eigenvalue weighted by Gasteiger charge is 2.30. The normalized spacial score (nSPS) is 22.7. The number of nitrogens with zero attached hydrogens (tertiary/aromatic N) is 4. The SMILES string of the molecule is C[C@@H]1CCC[C@H](C)N1c1c(C(=O)O)cnc2c1cnn2C. The number of carboxylic acid groups (broad SMARTS) is 1. The highest BCUT2D eigenvalue weighted by molar-refractivity contribution is 6.04. The van der Waals surface area contributed by atoms with Crippen LogP contribution in [0.4, 0.5) is 5.69 Å². The monoisotopic (exact) mass is 288 g/mol. The molecule has 112 valence electrons. The third kappa shape index (κ3) is 2.14. The van der Waals surface area contributed by atoms with Gasteiger partial charge in [0.2, 0.25) is 0 Å². The Hall–Kier alpha value is -2.11. The van der Waals surface area contributed by atoms with Crippen molar-refractivity contribution in [3.63, 3.8) is 0 Å². The maximum atomic E-state index is 11.6. The molecule has 0 saturated carbocycles. The number of aryl methyl sites for hydroxylation is 1. The molecule has 1 aliphatic heterocycles. The average Bonchev–Trinajstić information content (AvgIpc) is 2.80. The quantitative estimate of drug-likeness (QED) is 0.919. The van der Waals surface area contributed by atoms with Gasteiger partial charge in [0, 0.05) is 25.3 Å². The lowest BCUT2D eigenvalue weighted by atomic mass is 9.95. The van der Waals surface area contributed by atoms with Gasteiger partial charge >= 0.3 is 5.97 Å². The molecule has 0 amide bonds. The van der Waals surface area contributed by atoms with E-state index in [0.29, 0.717) is 12.1 Å². The first-order chi connectivity index (χ1) is 10.0. The number of carboxylic acids is 1. The first-order valence-electron chi connectivity index (χ1n) is 7.33. The Morgan fingerprint density at radius 1 is 1.29 bits per heavy atom. The van der Waals surface area contributed by atoms with E-state index in [-0.39, 0.29) is 5.56 Å². The summed E-state index contributed by atoms with van der Waals surface area (Å²) in [6, 6.07) is 0.635. The summed E-state index contributed by atoms with van der Waals surface area (Å²) >= 11 is 0. The Balaban J connectivity index is 2.27. The zero-order chi connectivity index (χ0) is 15.1. The molecule has 2 atom stereocenters. The zero-order valence-corrected chi connectivity index (χ0v) is 12.6. The van der Waals surface area contributed by atoms with E-state index < -0.39 is 5.97 Å². The summed E-state index contributed by atoms with van der Waals surface area (Å²) in [5, 5.41) is 14.6. The van der Waals surface area contributed by atoms with E-state index >= 15 is 0 Å². The minimum absolute atomic E-state index is 0.260. The first-order valence-corrected chi connectivity index (χ1v) is 7.33. The van der Waals surface area contributed by atoms with Crippen LogP contribution in [0.25, 0.3) is 11.0 Å². The molecule has 0 unspecified atom stereocenters. The van der Waals surface area contributed by atoms with E-state index in [1.165, 1.54) is 12.6 Å². The molecule has 6 heteroatoms. The number of fused-ring (bicyclic) bond motifs is 1. The van der Waals surface area contributed by atoms with Gasteiger partial charge in [-0.05, 0) is 33.1 Å². The molecule has 0 radical (unpaired) electrons. The standard InChI is InChI=1S/C15H20N4O2/c1-9-5-4-6-10(2)19(9)13-11-8-17-18(3)14(11)16-7-12(13)15(20)21/h7-10H,4-6H2,1-3H3,(H,20,21)/t9-,10+. The highest BCUT2D eigenvalue weighted by Crippen LogP contribution is 2.36. The minimum atomic E-state index is -0.937. The first kappa shape index (κ1) is 13.9. The Morgan fingerprint density at radius 3 is 2.57 bits per heavy atom. The van der Waals surface area contributed by atoms with Crippen molar-refractivity contribution in [1.29, 1.82) is 0 Å². The molecule has 1 N–H and O–H groups in total. The van der Waals surface area contributed by atoms with Crippen molar-refractivity contribution in [2.24, 2.45) is 7.05 Å². The predicted octanol–water partition coefficient (Wildman–Crippen LogP) is 2.43. The van der Waals surface area contributed by atoms with Gasteiger partial charge in [-0.3, -0.25) is 4.68 Å². The van der Waals surface area contributed by atoms with Crippen LogP contribution in [0.3, 0.4) is 0 Å². The number of piperidine rings is 1. The Morgan fingerprint density at radius 2 is 1.95 bits per heavy atom. The summed E-state index contributed by atoms with van der Waals surface area (Å²) in [7, 11) is 1.82. The van der Waals surface area contributed by atoms with E-state index in [1.807, 2.05) is 7.05 Å². The summed E-state index contributed by atoms with van der Waals surface area (Å²) in [6.07, 6.45) is 6.51. The van der Waals surface area contributed by atoms with Crippen molar-refractivity contribution in [2.45, 2.75) is 45.2 Å². The molecule has 0 aromatic carbocycles. The van der Waals surface area contributed by atoms with Crippen molar-refractivity contribution in [3.05, 3.63) is 18.0 Å². The van der Waals surface area contributed by atoms with Crippen molar-refractivity contribution in [3.8, 4) is 0 Å². The van der Waals surface area contributed by atoms with Crippen LogP contribution >= 0.6 is 0 Å². The predicted molar refractivity (Wildman–Crippen MR) is 80.7 cm³/mol. The van der Waals surface area contributed by atoms with Crippen LogP contribution < -0.4 is 4.90 Å². The molecule has 2 aromatic rings. The summed E-state index contributed by atoms with van der Waals surface area (Å²) < 4.78 is 1.68. The maximum absolute atomic E-state index is 11.6. The second-order valence-electron chi connectivity index (χ2n) is 5.87. The summed E-state index contributed by atoms with van der Waals surface area (Å²) in [4.78, 5) is 18.1. The van der Waals surface area contributed by atoms with Crippen LogP contribution in [0.2, 0.25) is 0 Å². The lowest BCUT2D eigenvalue weighted by Crippen LogP contribution is -2.44. The topological polar surface area (TPSA) is 71.2 Å². The van der Waals surface area contributed by atoms with E-state index in [4.69, 9.17) is 0 Å². The third-order valence-corrected chi connectivity index (χ3v) is 4.42. The van der Waals surface area contributed by atoms with Crippen LogP contribution in [0.1, 0.15) is 43.5 Å². The van der Waals surface area contributed by atoms with Gasteiger partial charge < -0.3 is 10.0 Å². The average molecular weight is 288 g/mol. The highest BCUT2D eigenvalue weighted by atomic mass is 16.4. The molecular formula is C15H20N4O2. The molecule has 6 nitrogen and oxygen atoms in total. The largest absolute Gasteiger partial charge is 0.478 e. The molecule has 0 aliphatic carbocycles.